The maximum absolute atomic E-state index is 8.88. The van der Waals surface area contributed by atoms with Crippen LogP contribution in [0.3, 0.4) is 0 Å². The molecule has 0 aliphatic carbocycles. The van der Waals surface area contributed by atoms with Crippen LogP contribution in [0.2, 0.25) is 0 Å². The van der Waals surface area contributed by atoms with Crippen LogP contribution in [0.15, 0.2) is 0 Å². The summed E-state index contributed by atoms with van der Waals surface area (Å²) in [5.74, 6) is 0. The maximum atomic E-state index is 8.88. The number of aliphatic hydroxyl groups excluding tert-OH is 3. The predicted octanol–water partition coefficient (Wildman–Crippen LogP) is -2.60. The van der Waals surface area contributed by atoms with E-state index in [2.05, 4.69) is 0 Å². The first kappa shape index (κ1) is 13.6. The standard InChI is InChI=1S/C3H8O3.H3O4P/c4-1-3(6)2-5;1-5(2,3)4/h3-6H,1-2H2;(H3,1,2,3,4). The molecule has 0 aromatic rings. The Morgan fingerprint density at radius 1 is 1.09 bits per heavy atom. The second kappa shape index (κ2) is 6.68. The van der Waals surface area contributed by atoms with Crippen LogP contribution >= 0.6 is 7.82 Å². The zero-order valence-corrected chi connectivity index (χ0v) is 6.42. The van der Waals surface area contributed by atoms with Crippen LogP contribution in [-0.4, -0.2) is 49.3 Å². The maximum Gasteiger partial charge on any atom is 0.466 e. The van der Waals surface area contributed by atoms with Crippen LogP contribution in [0.5, 0.6) is 0 Å². The van der Waals surface area contributed by atoms with Crippen molar-refractivity contribution in [3.8, 4) is 0 Å². The molecular formula is C3H11O7P. The first-order chi connectivity index (χ1) is 4.81. The molecule has 6 N–H and O–H groups in total. The Balaban J connectivity index is 0. The summed E-state index contributed by atoms with van der Waals surface area (Å²) in [5.41, 5.74) is 0. The Labute approximate surface area is 62.8 Å². The van der Waals surface area contributed by atoms with Crippen LogP contribution < -0.4 is 0 Å². The third-order valence-electron chi connectivity index (χ3n) is 0.421. The molecule has 0 aromatic heterocycles. The molecule has 0 saturated carbocycles. The van der Waals surface area contributed by atoms with E-state index in [1.165, 1.54) is 0 Å². The average Bonchev–Trinajstić information content (AvgIpc) is 1.83. The highest BCUT2D eigenvalue weighted by Gasteiger charge is 2.00. The van der Waals surface area contributed by atoms with Gasteiger partial charge >= 0.3 is 7.82 Å². The summed E-state index contributed by atoms with van der Waals surface area (Å²) in [5, 5.41) is 24.0. The van der Waals surface area contributed by atoms with E-state index in [0.717, 1.165) is 0 Å². The normalized spacial score (nSPS) is 10.8. The van der Waals surface area contributed by atoms with Gasteiger partial charge in [0.05, 0.1) is 13.2 Å². The van der Waals surface area contributed by atoms with Gasteiger partial charge < -0.3 is 30.0 Å². The van der Waals surface area contributed by atoms with Crippen molar-refractivity contribution >= 4 is 7.82 Å². The molecular weight excluding hydrogens is 179 g/mol. The van der Waals surface area contributed by atoms with Crippen molar-refractivity contribution in [1.29, 1.82) is 0 Å². The third kappa shape index (κ3) is 40.1. The lowest BCUT2D eigenvalue weighted by Gasteiger charge is -1.96. The molecule has 0 heterocycles. The highest BCUT2D eigenvalue weighted by atomic mass is 31.2. The highest BCUT2D eigenvalue weighted by Crippen LogP contribution is 2.25. The number of aliphatic hydroxyl groups is 3. The molecule has 0 rings (SSSR count). The van der Waals surface area contributed by atoms with Gasteiger partial charge in [-0.3, -0.25) is 0 Å². The molecule has 0 unspecified atom stereocenters. The van der Waals surface area contributed by atoms with Gasteiger partial charge in [0.1, 0.15) is 6.10 Å². The van der Waals surface area contributed by atoms with Crippen molar-refractivity contribution in [3.63, 3.8) is 0 Å². The van der Waals surface area contributed by atoms with E-state index < -0.39 is 13.9 Å². The topological polar surface area (TPSA) is 138 Å². The first-order valence-electron chi connectivity index (χ1n) is 2.49. The molecule has 70 valence electrons. The Bertz CT molecular complexity index is 107. The van der Waals surface area contributed by atoms with Gasteiger partial charge in [-0.05, 0) is 0 Å². The van der Waals surface area contributed by atoms with E-state index in [-0.39, 0.29) is 13.2 Å². The minimum Gasteiger partial charge on any atom is -0.394 e. The fourth-order valence-corrected chi connectivity index (χ4v) is 0.0577. The molecule has 0 amide bonds. The van der Waals surface area contributed by atoms with Gasteiger partial charge in [0.15, 0.2) is 0 Å². The molecule has 0 fully saturated rings. The van der Waals surface area contributed by atoms with E-state index in [1.807, 2.05) is 0 Å². The van der Waals surface area contributed by atoms with E-state index in [9.17, 15) is 0 Å². The Morgan fingerprint density at radius 2 is 1.27 bits per heavy atom. The van der Waals surface area contributed by atoms with Crippen molar-refractivity contribution in [2.45, 2.75) is 6.10 Å². The molecule has 0 radical (unpaired) electrons. The quantitative estimate of drug-likeness (QED) is 0.262. The number of hydrogen-bond acceptors (Lipinski definition) is 4. The molecule has 0 bridgehead atoms. The largest absolute Gasteiger partial charge is 0.466 e. The molecule has 0 atom stereocenters. The van der Waals surface area contributed by atoms with Crippen LogP contribution in [-0.2, 0) is 4.57 Å². The molecule has 8 heteroatoms. The summed E-state index contributed by atoms with van der Waals surface area (Å²) < 4.78 is 8.88. The van der Waals surface area contributed by atoms with Gasteiger partial charge in [-0.1, -0.05) is 0 Å². The van der Waals surface area contributed by atoms with Gasteiger partial charge in [-0.2, -0.15) is 0 Å². The summed E-state index contributed by atoms with van der Waals surface area (Å²) in [6, 6.07) is 0. The van der Waals surface area contributed by atoms with E-state index in [1.54, 1.807) is 0 Å². The smallest absolute Gasteiger partial charge is 0.394 e. The fourth-order valence-electron chi connectivity index (χ4n) is 0.0577. The van der Waals surface area contributed by atoms with Gasteiger partial charge in [0.25, 0.3) is 0 Å². The first-order valence-corrected chi connectivity index (χ1v) is 4.05. The Hall–Kier alpha value is -0.0100. The highest BCUT2D eigenvalue weighted by molar-refractivity contribution is 7.45. The summed E-state index contributed by atoms with van der Waals surface area (Å²) in [6.45, 7) is -0.729. The molecule has 7 nitrogen and oxygen atoms in total. The molecule has 0 aliphatic heterocycles. The predicted molar refractivity (Wildman–Crippen MR) is 34.4 cm³/mol. The van der Waals surface area contributed by atoms with Gasteiger partial charge in [0.2, 0.25) is 0 Å². The van der Waals surface area contributed by atoms with Crippen molar-refractivity contribution in [3.05, 3.63) is 0 Å². The van der Waals surface area contributed by atoms with Crippen LogP contribution in [0.4, 0.5) is 0 Å². The Kier molecular flexibility index (Phi) is 8.25. The summed E-state index contributed by atoms with van der Waals surface area (Å²) in [6.07, 6.45) is -0.954. The number of phosphoric acid groups is 1. The summed E-state index contributed by atoms with van der Waals surface area (Å²) in [7, 11) is -4.64. The summed E-state index contributed by atoms with van der Waals surface area (Å²) in [4.78, 5) is 21.6. The van der Waals surface area contributed by atoms with Gasteiger partial charge in [0, 0.05) is 0 Å². The van der Waals surface area contributed by atoms with Crippen molar-refractivity contribution in [1.82, 2.24) is 0 Å². The van der Waals surface area contributed by atoms with Gasteiger partial charge in [-0.15, -0.1) is 0 Å². The molecule has 11 heavy (non-hydrogen) atoms. The minimum atomic E-state index is -4.64. The van der Waals surface area contributed by atoms with Crippen LogP contribution in [0.25, 0.3) is 0 Å². The zero-order valence-electron chi connectivity index (χ0n) is 5.53. The third-order valence-corrected chi connectivity index (χ3v) is 0.421. The fraction of sp³-hybridized carbons (Fsp3) is 1.00. The van der Waals surface area contributed by atoms with Gasteiger partial charge in [-0.25, -0.2) is 4.57 Å². The summed E-state index contributed by atoms with van der Waals surface area (Å²) >= 11 is 0. The van der Waals surface area contributed by atoms with E-state index in [4.69, 9.17) is 34.6 Å². The Morgan fingerprint density at radius 3 is 1.27 bits per heavy atom. The van der Waals surface area contributed by atoms with E-state index in [0.29, 0.717) is 0 Å². The van der Waals surface area contributed by atoms with E-state index >= 15 is 0 Å². The molecule has 0 spiro atoms. The van der Waals surface area contributed by atoms with Crippen molar-refractivity contribution in [2.24, 2.45) is 0 Å². The second-order valence-corrected chi connectivity index (χ2v) is 2.56. The molecule has 0 aliphatic rings. The minimum absolute atomic E-state index is 0.365. The lowest BCUT2D eigenvalue weighted by molar-refractivity contribution is 0.0450. The lowest BCUT2D eigenvalue weighted by Crippen LogP contribution is -2.15. The van der Waals surface area contributed by atoms with Crippen LogP contribution in [0.1, 0.15) is 0 Å². The zero-order chi connectivity index (χ0) is 9.49. The molecule has 0 aromatic carbocycles. The van der Waals surface area contributed by atoms with Crippen LogP contribution in [0, 0.1) is 0 Å². The number of hydrogen-bond donors (Lipinski definition) is 6. The van der Waals surface area contributed by atoms with Crippen molar-refractivity contribution < 1.29 is 34.6 Å². The van der Waals surface area contributed by atoms with Crippen molar-refractivity contribution in [2.75, 3.05) is 13.2 Å². The number of rotatable bonds is 2. The second-order valence-electron chi connectivity index (χ2n) is 1.53. The molecule has 0 saturated heterocycles. The average molecular weight is 190 g/mol. The SMILES string of the molecule is O=P(O)(O)O.OCC(O)CO. The monoisotopic (exact) mass is 190 g/mol. The lowest BCUT2D eigenvalue weighted by atomic mass is 10.4.